The highest BCUT2D eigenvalue weighted by molar-refractivity contribution is 5.81. The summed E-state index contributed by atoms with van der Waals surface area (Å²) in [6.07, 6.45) is 4.53. The summed E-state index contributed by atoms with van der Waals surface area (Å²) in [5.41, 5.74) is 0. The molecule has 1 amide bonds. The first kappa shape index (κ1) is 12.5. The molecule has 0 bridgehead atoms. The summed E-state index contributed by atoms with van der Waals surface area (Å²) < 4.78 is 0. The molecule has 1 unspecified atom stereocenters. The van der Waals surface area contributed by atoms with Gasteiger partial charge >= 0.3 is 0 Å². The van der Waals surface area contributed by atoms with E-state index in [0.29, 0.717) is 5.92 Å². The van der Waals surface area contributed by atoms with Gasteiger partial charge in [-0.2, -0.15) is 0 Å². The van der Waals surface area contributed by atoms with Gasteiger partial charge in [0.15, 0.2) is 0 Å². The molecule has 0 aromatic carbocycles. The Balaban J connectivity index is 2.37. The van der Waals surface area contributed by atoms with Crippen LogP contribution in [0.4, 0.5) is 0 Å². The minimum absolute atomic E-state index is 0.0767. The lowest BCUT2D eigenvalue weighted by Crippen LogP contribution is -2.48. The van der Waals surface area contributed by atoms with E-state index >= 15 is 0 Å². The Labute approximate surface area is 93.2 Å². The minimum Gasteiger partial charge on any atom is -0.344 e. The Bertz CT molecular complexity index is 200. The van der Waals surface area contributed by atoms with Gasteiger partial charge in [-0.25, -0.2) is 0 Å². The number of amides is 1. The van der Waals surface area contributed by atoms with Gasteiger partial charge in [0.05, 0.1) is 6.04 Å². The Morgan fingerprint density at radius 3 is 2.80 bits per heavy atom. The van der Waals surface area contributed by atoms with Gasteiger partial charge in [-0.15, -0.1) is 0 Å². The second kappa shape index (κ2) is 6.11. The Morgan fingerprint density at radius 1 is 1.53 bits per heavy atom. The Kier molecular flexibility index (Phi) is 5.09. The summed E-state index contributed by atoms with van der Waals surface area (Å²) in [6.45, 7) is 6.24. The average Bonchev–Trinajstić information content (AvgIpc) is 2.29. The van der Waals surface area contributed by atoms with Crippen LogP contribution in [0.15, 0.2) is 0 Å². The monoisotopic (exact) mass is 212 g/mol. The van der Waals surface area contributed by atoms with E-state index in [2.05, 4.69) is 19.2 Å². The van der Waals surface area contributed by atoms with Crippen molar-refractivity contribution in [3.63, 3.8) is 0 Å². The van der Waals surface area contributed by atoms with Crippen LogP contribution < -0.4 is 5.32 Å². The predicted molar refractivity (Wildman–Crippen MR) is 62.7 cm³/mol. The molecule has 88 valence electrons. The first-order chi connectivity index (χ1) is 7.15. The molecule has 0 radical (unpaired) electrons. The normalized spacial score (nSPS) is 23.5. The molecular formula is C12H24N2O. The maximum atomic E-state index is 12.0. The van der Waals surface area contributed by atoms with E-state index in [-0.39, 0.29) is 11.9 Å². The van der Waals surface area contributed by atoms with Gasteiger partial charge in [-0.3, -0.25) is 4.79 Å². The van der Waals surface area contributed by atoms with Gasteiger partial charge in [0.25, 0.3) is 0 Å². The number of rotatable bonds is 4. The molecule has 1 aliphatic heterocycles. The van der Waals surface area contributed by atoms with Crippen molar-refractivity contribution >= 4 is 5.91 Å². The van der Waals surface area contributed by atoms with Gasteiger partial charge < -0.3 is 10.2 Å². The molecule has 15 heavy (non-hydrogen) atoms. The van der Waals surface area contributed by atoms with Crippen LogP contribution >= 0.6 is 0 Å². The predicted octanol–water partition coefficient (Wildman–Crippen LogP) is 1.63. The number of nitrogens with one attached hydrogen (secondary N) is 1. The van der Waals surface area contributed by atoms with Gasteiger partial charge in [0.1, 0.15) is 0 Å². The molecule has 3 nitrogen and oxygen atoms in total. The van der Waals surface area contributed by atoms with Crippen LogP contribution in [-0.4, -0.2) is 37.0 Å². The average molecular weight is 212 g/mol. The summed E-state index contributed by atoms with van der Waals surface area (Å²) in [7, 11) is 1.92. The summed E-state index contributed by atoms with van der Waals surface area (Å²) in [4.78, 5) is 13.9. The van der Waals surface area contributed by atoms with Gasteiger partial charge in [0.2, 0.25) is 5.91 Å². The molecule has 1 fully saturated rings. The molecule has 1 rings (SSSR count). The van der Waals surface area contributed by atoms with Gasteiger partial charge in [-0.1, -0.05) is 26.7 Å². The Hall–Kier alpha value is -0.570. The van der Waals surface area contributed by atoms with Crippen LogP contribution in [0.5, 0.6) is 0 Å². The number of hydrogen-bond acceptors (Lipinski definition) is 2. The highest BCUT2D eigenvalue weighted by atomic mass is 16.2. The molecule has 0 aromatic heterocycles. The summed E-state index contributed by atoms with van der Waals surface area (Å²) in [5, 5.41) is 3.30. The molecule has 1 aliphatic rings. The topological polar surface area (TPSA) is 32.3 Å². The third-order valence-corrected chi connectivity index (χ3v) is 3.27. The smallest absolute Gasteiger partial charge is 0.239 e. The van der Waals surface area contributed by atoms with Crippen molar-refractivity contribution in [1.82, 2.24) is 10.2 Å². The SMILES string of the molecule is CCC(C)CN(C)C(=O)[C@H]1CCCCN1. The summed E-state index contributed by atoms with van der Waals surface area (Å²) >= 11 is 0. The molecule has 2 atom stereocenters. The van der Waals surface area contributed by atoms with Crippen LogP contribution in [0, 0.1) is 5.92 Å². The molecule has 0 spiro atoms. The fourth-order valence-corrected chi connectivity index (χ4v) is 2.02. The fraction of sp³-hybridized carbons (Fsp3) is 0.917. The second-order valence-corrected chi connectivity index (χ2v) is 4.73. The van der Waals surface area contributed by atoms with Crippen LogP contribution in [0.3, 0.4) is 0 Å². The van der Waals surface area contributed by atoms with Crippen molar-refractivity contribution in [2.24, 2.45) is 5.92 Å². The largest absolute Gasteiger partial charge is 0.344 e. The summed E-state index contributed by atoms with van der Waals surface area (Å²) in [5.74, 6) is 0.873. The quantitative estimate of drug-likeness (QED) is 0.768. The molecule has 1 saturated heterocycles. The zero-order chi connectivity index (χ0) is 11.3. The molecule has 1 N–H and O–H groups in total. The standard InChI is InChI=1S/C12H24N2O/c1-4-10(2)9-14(3)12(15)11-7-5-6-8-13-11/h10-11,13H,4-9H2,1-3H3/t10?,11-/m1/s1. The highest BCUT2D eigenvalue weighted by Gasteiger charge is 2.23. The van der Waals surface area contributed by atoms with Crippen molar-refractivity contribution in [2.75, 3.05) is 20.1 Å². The van der Waals surface area contributed by atoms with E-state index < -0.39 is 0 Å². The number of hydrogen-bond donors (Lipinski definition) is 1. The molecule has 0 saturated carbocycles. The van der Waals surface area contributed by atoms with Crippen LogP contribution in [0.25, 0.3) is 0 Å². The van der Waals surface area contributed by atoms with Gasteiger partial charge in [0, 0.05) is 13.6 Å². The van der Waals surface area contributed by atoms with E-state index in [9.17, 15) is 4.79 Å². The third kappa shape index (κ3) is 3.82. The summed E-state index contributed by atoms with van der Waals surface area (Å²) in [6, 6.07) is 0.0767. The van der Waals surface area contributed by atoms with E-state index in [1.165, 1.54) is 12.8 Å². The zero-order valence-corrected chi connectivity index (χ0v) is 10.3. The van der Waals surface area contributed by atoms with Crippen molar-refractivity contribution in [2.45, 2.75) is 45.6 Å². The van der Waals surface area contributed by atoms with Crippen LogP contribution in [0.1, 0.15) is 39.5 Å². The maximum absolute atomic E-state index is 12.0. The lowest BCUT2D eigenvalue weighted by atomic mass is 10.0. The number of piperidine rings is 1. The van der Waals surface area contributed by atoms with Crippen LogP contribution in [-0.2, 0) is 4.79 Å². The zero-order valence-electron chi connectivity index (χ0n) is 10.3. The van der Waals surface area contributed by atoms with Crippen molar-refractivity contribution in [3.8, 4) is 0 Å². The van der Waals surface area contributed by atoms with Crippen molar-refractivity contribution in [3.05, 3.63) is 0 Å². The van der Waals surface area contributed by atoms with E-state index in [1.54, 1.807) is 0 Å². The lowest BCUT2D eigenvalue weighted by Gasteiger charge is -2.28. The minimum atomic E-state index is 0.0767. The van der Waals surface area contributed by atoms with Crippen LogP contribution in [0.2, 0.25) is 0 Å². The molecule has 0 aromatic rings. The van der Waals surface area contributed by atoms with Crippen molar-refractivity contribution < 1.29 is 4.79 Å². The number of carbonyl (C=O) groups excluding carboxylic acids is 1. The fourth-order valence-electron chi connectivity index (χ4n) is 2.02. The maximum Gasteiger partial charge on any atom is 0.239 e. The Morgan fingerprint density at radius 2 is 2.27 bits per heavy atom. The van der Waals surface area contributed by atoms with E-state index in [4.69, 9.17) is 0 Å². The van der Waals surface area contributed by atoms with Crippen molar-refractivity contribution in [1.29, 1.82) is 0 Å². The number of nitrogens with zero attached hydrogens (tertiary/aromatic N) is 1. The molecule has 1 heterocycles. The first-order valence-corrected chi connectivity index (χ1v) is 6.13. The number of likely N-dealkylation sites (N-methyl/N-ethyl adjacent to an activating group) is 1. The lowest BCUT2D eigenvalue weighted by molar-refractivity contribution is -0.133. The number of carbonyl (C=O) groups is 1. The molecular weight excluding hydrogens is 188 g/mol. The highest BCUT2D eigenvalue weighted by Crippen LogP contribution is 2.11. The van der Waals surface area contributed by atoms with E-state index in [0.717, 1.165) is 25.9 Å². The first-order valence-electron chi connectivity index (χ1n) is 6.13. The van der Waals surface area contributed by atoms with Gasteiger partial charge in [-0.05, 0) is 25.3 Å². The molecule has 3 heteroatoms. The molecule has 0 aliphatic carbocycles. The van der Waals surface area contributed by atoms with E-state index in [1.807, 2.05) is 11.9 Å². The second-order valence-electron chi connectivity index (χ2n) is 4.73. The third-order valence-electron chi connectivity index (χ3n) is 3.27.